The molecule has 2 aromatic heterocycles. The maximum absolute atomic E-state index is 14.5. The number of aliphatic carboxylic acids is 2. The fraction of sp³-hybridized carbons (Fsp3) is 0.568. The Morgan fingerprint density at radius 3 is 2.13 bits per heavy atom. The van der Waals surface area contributed by atoms with Crippen molar-refractivity contribution in [1.29, 1.82) is 5.26 Å². The van der Waals surface area contributed by atoms with E-state index in [1.807, 2.05) is 20.8 Å². The first-order valence-corrected chi connectivity index (χ1v) is 19.8. The van der Waals surface area contributed by atoms with Gasteiger partial charge in [-0.05, 0) is 62.9 Å². The van der Waals surface area contributed by atoms with Crippen LogP contribution in [0.4, 0.5) is 5.82 Å². The molecule has 1 aliphatic heterocycles. The highest BCUT2D eigenvalue weighted by Gasteiger charge is 2.68. The minimum absolute atomic E-state index is 0.0758. The molecule has 0 spiro atoms. The number of nitrogen functional groups attached to an aromatic ring is 1. The van der Waals surface area contributed by atoms with Gasteiger partial charge < -0.3 is 25.2 Å². The van der Waals surface area contributed by atoms with Gasteiger partial charge in [0.05, 0.1) is 35.8 Å². The van der Waals surface area contributed by atoms with Crippen molar-refractivity contribution in [3.05, 3.63) is 54.0 Å². The van der Waals surface area contributed by atoms with Gasteiger partial charge in [-0.1, -0.05) is 65.4 Å². The molecule has 4 rings (SSSR count). The molecule has 0 amide bonds. The molecule has 15 nitrogen and oxygen atoms in total. The summed E-state index contributed by atoms with van der Waals surface area (Å²) in [4.78, 5) is 42.5. The van der Waals surface area contributed by atoms with E-state index in [0.717, 1.165) is 23.7 Å². The van der Waals surface area contributed by atoms with Gasteiger partial charge in [-0.25, -0.2) is 14.1 Å². The minimum Gasteiger partial charge on any atom is -0.481 e. The number of hydrogen-bond donors (Lipinski definition) is 3. The largest absolute Gasteiger partial charge is 0.530 e. The average Bonchev–Trinajstić information content (AvgIpc) is 3.67. The number of rotatable bonds is 14. The van der Waals surface area contributed by atoms with E-state index in [0.29, 0.717) is 5.52 Å². The molecule has 0 saturated carbocycles. The number of phosphoric acid groups is 1. The highest BCUT2D eigenvalue weighted by Crippen LogP contribution is 2.61. The van der Waals surface area contributed by atoms with Gasteiger partial charge in [-0.15, -0.1) is 0 Å². The van der Waals surface area contributed by atoms with Crippen molar-refractivity contribution in [2.24, 2.45) is 28.1 Å². The van der Waals surface area contributed by atoms with E-state index < -0.39 is 66.2 Å². The second kappa shape index (κ2) is 15.3. The van der Waals surface area contributed by atoms with Gasteiger partial charge in [0.25, 0.3) is 0 Å². The van der Waals surface area contributed by atoms with Crippen molar-refractivity contribution >= 4 is 48.0 Å². The van der Waals surface area contributed by atoms with E-state index in [-0.39, 0.29) is 40.2 Å². The molecule has 1 saturated heterocycles. The monoisotopic (exact) mass is 787 g/mol. The van der Waals surface area contributed by atoms with Crippen LogP contribution in [0.3, 0.4) is 0 Å². The molecular formula is C37H50N5O10PS. The molecule has 0 bridgehead atoms. The molecule has 54 heavy (non-hydrogen) atoms. The topological polar surface area (TPSA) is 226 Å². The number of aromatic nitrogens is 3. The Hall–Kier alpha value is -4.00. The number of benzene rings is 1. The Bertz CT molecular complexity index is 1980. The van der Waals surface area contributed by atoms with Gasteiger partial charge in [0.1, 0.15) is 23.7 Å². The molecule has 1 fully saturated rings. The lowest BCUT2D eigenvalue weighted by Crippen LogP contribution is -2.51. The van der Waals surface area contributed by atoms with E-state index in [1.165, 1.54) is 38.3 Å². The molecule has 5 atom stereocenters. The molecule has 1 unspecified atom stereocenters. The third-order valence-corrected chi connectivity index (χ3v) is 12.4. The number of nitrogens with two attached hydrogens (primary N) is 1. The Morgan fingerprint density at radius 2 is 1.59 bits per heavy atom. The highest BCUT2D eigenvalue weighted by atomic mass is 32.2. The van der Waals surface area contributed by atoms with Gasteiger partial charge in [0.15, 0.2) is 10.9 Å². The third kappa shape index (κ3) is 8.45. The number of carboxylic acids is 2. The van der Waals surface area contributed by atoms with Crippen LogP contribution in [0.5, 0.6) is 5.75 Å². The van der Waals surface area contributed by atoms with Gasteiger partial charge in [0, 0.05) is 23.0 Å². The van der Waals surface area contributed by atoms with Crippen LogP contribution in [-0.2, 0) is 43.7 Å². The molecule has 3 aromatic rings. The SMILES string of the molecule is CC(C)(C)C(=O)SCCOP(=O)(OC[C@@H]1O[C@@](C#N)(c2ccc3c(N)ncnn23)[C@@H](C(C)(C)C(=O)O)[C@@H]1C(C)(C)C(=O)O)Oc1ccc(C(C)(C)C)cc1. The highest BCUT2D eigenvalue weighted by molar-refractivity contribution is 8.13. The molecular weight excluding hydrogens is 737 g/mol. The molecule has 0 aliphatic carbocycles. The van der Waals surface area contributed by atoms with Crippen LogP contribution in [0.2, 0.25) is 0 Å². The lowest BCUT2D eigenvalue weighted by molar-refractivity contribution is -0.161. The molecule has 1 aliphatic rings. The third-order valence-electron chi connectivity index (χ3n) is 9.79. The van der Waals surface area contributed by atoms with Crippen LogP contribution in [0.1, 0.15) is 80.5 Å². The zero-order chi connectivity index (χ0) is 40.7. The molecule has 3 heterocycles. The van der Waals surface area contributed by atoms with E-state index in [9.17, 15) is 34.4 Å². The van der Waals surface area contributed by atoms with Crippen molar-refractivity contribution in [1.82, 2.24) is 14.6 Å². The Kier molecular flexibility index (Phi) is 12.1. The van der Waals surface area contributed by atoms with Crippen LogP contribution in [-0.4, -0.2) is 66.9 Å². The standard InChI is InChI=1S/C37H50N5O10PS/c1-33(2,3)22-11-13-23(14-12-22)52-53(48,49-17-18-54-32(47)34(4,5)6)50-19-25-27(35(7,8)30(43)44)28(36(9,10)31(45)46)37(20-38,51-25)26-16-15-24-29(39)40-21-41-42(24)26/h11-16,21,25,27-28H,17-19H2,1-10H3,(H,43,44)(H,45,46)(H2,39,40,41)/t25-,27+,28+,37-,53?/m0/s1. The van der Waals surface area contributed by atoms with Crippen LogP contribution in [0.25, 0.3) is 5.52 Å². The number of hydrogen-bond acceptors (Lipinski definition) is 13. The average molecular weight is 788 g/mol. The predicted octanol–water partition coefficient (Wildman–Crippen LogP) is 6.71. The molecule has 294 valence electrons. The van der Waals surface area contributed by atoms with Crippen LogP contribution in [0.15, 0.2) is 42.7 Å². The van der Waals surface area contributed by atoms with Gasteiger partial charge >= 0.3 is 19.8 Å². The summed E-state index contributed by atoms with van der Waals surface area (Å²) in [5, 5.41) is 36.4. The summed E-state index contributed by atoms with van der Waals surface area (Å²) in [5.41, 5.74) is 0.945. The predicted molar refractivity (Wildman–Crippen MR) is 202 cm³/mol. The number of ether oxygens (including phenoxy) is 1. The van der Waals surface area contributed by atoms with E-state index in [1.54, 1.807) is 51.1 Å². The number of anilines is 1. The zero-order valence-corrected chi connectivity index (χ0v) is 34.0. The minimum atomic E-state index is -4.58. The first kappa shape index (κ1) is 42.7. The zero-order valence-electron chi connectivity index (χ0n) is 32.3. The van der Waals surface area contributed by atoms with E-state index in [4.69, 9.17) is 24.0 Å². The number of carbonyl (C=O) groups is 3. The Balaban J connectivity index is 1.81. The summed E-state index contributed by atoms with van der Waals surface area (Å²) < 4.78 is 39.9. The van der Waals surface area contributed by atoms with Crippen LogP contribution in [0, 0.1) is 39.4 Å². The van der Waals surface area contributed by atoms with E-state index >= 15 is 0 Å². The Labute approximate surface area is 319 Å². The molecule has 4 N–H and O–H groups in total. The number of nitrogens with zero attached hydrogens (tertiary/aromatic N) is 4. The van der Waals surface area contributed by atoms with Crippen molar-refractivity contribution in [2.45, 2.75) is 86.4 Å². The first-order chi connectivity index (χ1) is 24.8. The van der Waals surface area contributed by atoms with Crippen LogP contribution < -0.4 is 10.3 Å². The number of fused-ring (bicyclic) bond motifs is 1. The molecule has 17 heteroatoms. The van der Waals surface area contributed by atoms with Gasteiger partial charge in [-0.2, -0.15) is 10.4 Å². The summed E-state index contributed by atoms with van der Waals surface area (Å²) in [6.45, 7) is 16.1. The summed E-state index contributed by atoms with van der Waals surface area (Å²) >= 11 is 0.995. The number of carboxylic acid groups (broad SMARTS) is 2. The maximum Gasteiger partial charge on any atom is 0.530 e. The van der Waals surface area contributed by atoms with Crippen molar-refractivity contribution < 1.29 is 47.5 Å². The second-order valence-electron chi connectivity index (χ2n) is 16.5. The Morgan fingerprint density at radius 1 is 0.981 bits per heavy atom. The van der Waals surface area contributed by atoms with E-state index in [2.05, 4.69) is 16.2 Å². The summed E-state index contributed by atoms with van der Waals surface area (Å²) in [5.74, 6) is -4.92. The van der Waals surface area contributed by atoms with Crippen molar-refractivity contribution in [3.8, 4) is 11.8 Å². The van der Waals surface area contributed by atoms with Crippen molar-refractivity contribution in [2.75, 3.05) is 24.7 Å². The fourth-order valence-electron chi connectivity index (χ4n) is 6.61. The summed E-state index contributed by atoms with van der Waals surface area (Å²) in [6, 6.07) is 12.0. The molecule has 0 radical (unpaired) electrons. The summed E-state index contributed by atoms with van der Waals surface area (Å²) in [7, 11) is -4.58. The van der Waals surface area contributed by atoms with Crippen LogP contribution >= 0.6 is 19.6 Å². The van der Waals surface area contributed by atoms with Gasteiger partial charge in [-0.3, -0.25) is 23.4 Å². The van der Waals surface area contributed by atoms with Gasteiger partial charge in [0.2, 0.25) is 5.60 Å². The lowest BCUT2D eigenvalue weighted by Gasteiger charge is -2.42. The lowest BCUT2D eigenvalue weighted by atomic mass is 9.57. The summed E-state index contributed by atoms with van der Waals surface area (Å²) in [6.07, 6.45) is -0.209. The fourth-order valence-corrected chi connectivity index (χ4v) is 8.72. The number of phosphoric ester groups is 1. The smallest absolute Gasteiger partial charge is 0.481 e. The maximum atomic E-state index is 14.5. The number of thioether (sulfide) groups is 1. The number of nitriles is 1. The quantitative estimate of drug-likeness (QED) is 0.114. The number of carbonyl (C=O) groups excluding carboxylic acids is 1. The van der Waals surface area contributed by atoms with Crippen molar-refractivity contribution in [3.63, 3.8) is 0 Å². The first-order valence-electron chi connectivity index (χ1n) is 17.3. The second-order valence-corrected chi connectivity index (χ2v) is 19.2. The molecule has 1 aromatic carbocycles. The normalized spacial score (nSPS) is 22.1.